The Labute approximate surface area is 133 Å². The van der Waals surface area contributed by atoms with Crippen molar-refractivity contribution in [3.8, 4) is 11.3 Å². The van der Waals surface area contributed by atoms with E-state index in [4.69, 9.17) is 34.9 Å². The lowest BCUT2D eigenvalue weighted by atomic mass is 9.92. The Bertz CT molecular complexity index is 749. The molecule has 3 rings (SSSR count). The van der Waals surface area contributed by atoms with Crippen LogP contribution in [-0.4, -0.2) is 15.1 Å². The molecule has 0 aliphatic carbocycles. The maximum atomic E-state index is 5.70. The molecule has 0 radical (unpaired) electrons. The van der Waals surface area contributed by atoms with Gasteiger partial charge in [0, 0.05) is 16.9 Å². The molecule has 108 valence electrons. The fourth-order valence-corrected chi connectivity index (χ4v) is 2.89. The summed E-state index contributed by atoms with van der Waals surface area (Å²) in [5.41, 5.74) is 9.96. The van der Waals surface area contributed by atoms with Crippen LogP contribution in [0.25, 0.3) is 11.3 Å². The zero-order valence-corrected chi connectivity index (χ0v) is 13.3. The number of ether oxygens (including phenoxy) is 1. The van der Waals surface area contributed by atoms with Crippen LogP contribution < -0.4 is 11.1 Å². The fraction of sp³-hybridized carbons (Fsp3) is 0.200. The van der Waals surface area contributed by atoms with E-state index in [0.717, 1.165) is 28.2 Å². The summed E-state index contributed by atoms with van der Waals surface area (Å²) in [6.45, 7) is 4.00. The third-order valence-electron chi connectivity index (χ3n) is 3.52. The third-order valence-corrected chi connectivity index (χ3v) is 3.92. The average Bonchev–Trinajstić information content (AvgIpc) is 2.87. The molecule has 0 unspecified atom stereocenters. The molecule has 1 aromatic heterocycles. The van der Waals surface area contributed by atoms with Gasteiger partial charge in [-0.05, 0) is 55.9 Å². The van der Waals surface area contributed by atoms with Crippen molar-refractivity contribution in [2.45, 2.75) is 19.4 Å². The highest BCUT2D eigenvalue weighted by molar-refractivity contribution is 7.80. The van der Waals surface area contributed by atoms with Gasteiger partial charge in [0.15, 0.2) is 0 Å². The van der Waals surface area contributed by atoms with Gasteiger partial charge >= 0.3 is 0 Å². The van der Waals surface area contributed by atoms with Gasteiger partial charge < -0.3 is 20.8 Å². The summed E-state index contributed by atoms with van der Waals surface area (Å²) in [6.07, 6.45) is 0. The van der Waals surface area contributed by atoms with Crippen LogP contribution in [-0.2, 0) is 10.3 Å². The first-order valence-corrected chi connectivity index (χ1v) is 7.32. The molecular formula is C15H15N3OS2. The van der Waals surface area contributed by atoms with Gasteiger partial charge in [0.25, 0.3) is 5.17 Å². The second-order valence-electron chi connectivity index (χ2n) is 5.44. The van der Waals surface area contributed by atoms with E-state index in [2.05, 4.69) is 16.4 Å². The Balaban J connectivity index is 2.06. The summed E-state index contributed by atoms with van der Waals surface area (Å²) < 4.78 is 5.70. The predicted octanol–water partition coefficient (Wildman–Crippen LogP) is 3.28. The molecule has 0 amide bonds. The van der Waals surface area contributed by atoms with Crippen LogP contribution in [0.15, 0.2) is 30.3 Å². The molecule has 0 saturated carbocycles. The Kier molecular flexibility index (Phi) is 3.22. The highest BCUT2D eigenvalue weighted by atomic mass is 32.1. The number of benzene rings is 1. The van der Waals surface area contributed by atoms with Gasteiger partial charge in [0.05, 0.1) is 5.69 Å². The summed E-state index contributed by atoms with van der Waals surface area (Å²) in [5.74, 6) is 0. The van der Waals surface area contributed by atoms with E-state index in [9.17, 15) is 0 Å². The molecule has 4 N–H and O–H groups in total. The quantitative estimate of drug-likeness (QED) is 0.742. The van der Waals surface area contributed by atoms with E-state index in [1.54, 1.807) is 0 Å². The summed E-state index contributed by atoms with van der Waals surface area (Å²) in [7, 11) is 0. The fourth-order valence-electron chi connectivity index (χ4n) is 2.45. The SMILES string of the molecule is CC1(C)OC(=S)Nc2ccc(-c3ccc(C(N)=S)[nH]3)cc21. The highest BCUT2D eigenvalue weighted by Crippen LogP contribution is 2.37. The van der Waals surface area contributed by atoms with E-state index >= 15 is 0 Å². The van der Waals surface area contributed by atoms with E-state index < -0.39 is 5.60 Å². The van der Waals surface area contributed by atoms with Crippen molar-refractivity contribution >= 4 is 40.3 Å². The average molecular weight is 317 g/mol. The standard InChI is InChI=1S/C15H15N3OS2/c1-15(2)9-7-8(3-4-11(9)18-14(21)19-15)10-5-6-12(17-10)13(16)20/h3-7,17H,1-2H3,(H2,16,20)(H,18,21). The number of aromatic nitrogens is 1. The summed E-state index contributed by atoms with van der Waals surface area (Å²) in [4.78, 5) is 3.57. The van der Waals surface area contributed by atoms with Crippen molar-refractivity contribution in [3.63, 3.8) is 0 Å². The molecule has 0 spiro atoms. The molecule has 2 heterocycles. The molecule has 0 fully saturated rings. The number of hydrogen-bond acceptors (Lipinski definition) is 3. The van der Waals surface area contributed by atoms with Gasteiger partial charge in [-0.3, -0.25) is 0 Å². The first-order chi connectivity index (χ1) is 9.87. The van der Waals surface area contributed by atoms with Gasteiger partial charge in [-0.15, -0.1) is 0 Å². The lowest BCUT2D eigenvalue weighted by Gasteiger charge is -2.34. The second-order valence-corrected chi connectivity index (χ2v) is 6.25. The van der Waals surface area contributed by atoms with Crippen molar-refractivity contribution < 1.29 is 4.74 Å². The van der Waals surface area contributed by atoms with Crippen molar-refractivity contribution in [1.29, 1.82) is 0 Å². The lowest BCUT2D eigenvalue weighted by Crippen LogP contribution is -2.34. The maximum Gasteiger partial charge on any atom is 0.262 e. The molecule has 1 aliphatic heterocycles. The number of hydrogen-bond donors (Lipinski definition) is 3. The van der Waals surface area contributed by atoms with Crippen LogP contribution in [0, 0.1) is 0 Å². The summed E-state index contributed by atoms with van der Waals surface area (Å²) in [5, 5.41) is 3.47. The predicted molar refractivity (Wildman–Crippen MR) is 92.4 cm³/mol. The van der Waals surface area contributed by atoms with Crippen molar-refractivity contribution in [3.05, 3.63) is 41.6 Å². The monoisotopic (exact) mass is 317 g/mol. The second kappa shape index (κ2) is 4.82. The molecule has 1 aliphatic rings. The number of aromatic amines is 1. The Morgan fingerprint density at radius 2 is 2.00 bits per heavy atom. The van der Waals surface area contributed by atoms with Crippen LogP contribution in [0.1, 0.15) is 25.1 Å². The van der Waals surface area contributed by atoms with Crippen LogP contribution in [0.4, 0.5) is 5.69 Å². The van der Waals surface area contributed by atoms with Crippen molar-refractivity contribution in [2.75, 3.05) is 5.32 Å². The van der Waals surface area contributed by atoms with E-state index in [1.807, 2.05) is 38.1 Å². The van der Waals surface area contributed by atoms with E-state index in [-0.39, 0.29) is 0 Å². The maximum absolute atomic E-state index is 5.70. The molecule has 4 nitrogen and oxygen atoms in total. The number of nitrogens with one attached hydrogen (secondary N) is 2. The smallest absolute Gasteiger partial charge is 0.262 e. The molecule has 0 saturated heterocycles. The van der Waals surface area contributed by atoms with Gasteiger partial charge in [-0.2, -0.15) is 0 Å². The van der Waals surface area contributed by atoms with Gasteiger partial charge in [0.1, 0.15) is 10.6 Å². The molecule has 1 aromatic carbocycles. The number of fused-ring (bicyclic) bond motifs is 1. The van der Waals surface area contributed by atoms with E-state index in [1.165, 1.54) is 0 Å². The minimum atomic E-state index is -0.466. The number of thiocarbonyl (C=S) groups is 2. The molecule has 0 atom stereocenters. The van der Waals surface area contributed by atoms with Crippen LogP contribution >= 0.6 is 24.4 Å². The first kappa shape index (κ1) is 14.0. The van der Waals surface area contributed by atoms with Gasteiger partial charge in [-0.25, -0.2) is 0 Å². The normalized spacial score (nSPS) is 15.8. The summed E-state index contributed by atoms with van der Waals surface area (Å²) in [6, 6.07) is 9.95. The van der Waals surface area contributed by atoms with Gasteiger partial charge in [0.2, 0.25) is 0 Å². The topological polar surface area (TPSA) is 63.1 Å². The lowest BCUT2D eigenvalue weighted by molar-refractivity contribution is 0.0947. The molecule has 21 heavy (non-hydrogen) atoms. The third kappa shape index (κ3) is 2.52. The Hall–Kier alpha value is -1.92. The Morgan fingerprint density at radius 3 is 2.67 bits per heavy atom. The molecule has 6 heteroatoms. The zero-order chi connectivity index (χ0) is 15.2. The number of H-pyrrole nitrogens is 1. The van der Waals surface area contributed by atoms with Crippen LogP contribution in [0.5, 0.6) is 0 Å². The minimum Gasteiger partial charge on any atom is -0.460 e. The molecule has 0 bridgehead atoms. The van der Waals surface area contributed by atoms with Gasteiger partial charge in [-0.1, -0.05) is 18.3 Å². The Morgan fingerprint density at radius 1 is 1.24 bits per heavy atom. The number of nitrogens with two attached hydrogens (primary N) is 1. The number of anilines is 1. The highest BCUT2D eigenvalue weighted by Gasteiger charge is 2.31. The van der Waals surface area contributed by atoms with E-state index in [0.29, 0.717) is 10.2 Å². The largest absolute Gasteiger partial charge is 0.460 e. The zero-order valence-electron chi connectivity index (χ0n) is 11.7. The first-order valence-electron chi connectivity index (χ1n) is 6.50. The van der Waals surface area contributed by atoms with Crippen molar-refractivity contribution in [2.24, 2.45) is 5.73 Å². The van der Waals surface area contributed by atoms with Crippen LogP contribution in [0.3, 0.4) is 0 Å². The number of rotatable bonds is 2. The van der Waals surface area contributed by atoms with Crippen molar-refractivity contribution in [1.82, 2.24) is 4.98 Å². The summed E-state index contributed by atoms with van der Waals surface area (Å²) >= 11 is 10.1. The molecular weight excluding hydrogens is 302 g/mol. The minimum absolute atomic E-state index is 0.356. The molecule has 2 aromatic rings. The van der Waals surface area contributed by atoms with Crippen LogP contribution in [0.2, 0.25) is 0 Å².